The molecule has 22 heavy (non-hydrogen) atoms. The number of carboxylic acid groups (broad SMARTS) is 1. The fourth-order valence-corrected chi connectivity index (χ4v) is 2.23. The summed E-state index contributed by atoms with van der Waals surface area (Å²) in [6.07, 6.45) is -1.57. The monoisotopic (exact) mass is 421 g/mol. The molecule has 0 aromatic heterocycles. The van der Waals surface area contributed by atoms with E-state index in [9.17, 15) is 19.5 Å². The molecule has 0 saturated heterocycles. The van der Waals surface area contributed by atoms with Crippen LogP contribution in [0, 0.1) is 3.57 Å². The minimum atomic E-state index is -1.46. The van der Waals surface area contributed by atoms with Gasteiger partial charge in [0.05, 0.1) is 31.4 Å². The summed E-state index contributed by atoms with van der Waals surface area (Å²) < 4.78 is 10.4. The van der Waals surface area contributed by atoms with E-state index in [0.717, 1.165) is 0 Å². The third-order valence-electron chi connectivity index (χ3n) is 2.71. The molecule has 0 heterocycles. The van der Waals surface area contributed by atoms with Crippen molar-refractivity contribution < 1.29 is 29.0 Å². The molecule has 7 nitrogen and oxygen atoms in total. The van der Waals surface area contributed by atoms with Gasteiger partial charge in [-0.1, -0.05) is 0 Å². The first-order valence-electron chi connectivity index (χ1n) is 6.43. The molecule has 0 bridgehead atoms. The molecule has 0 fully saturated rings. The lowest BCUT2D eigenvalue weighted by Gasteiger charge is -2.20. The average Bonchev–Trinajstić information content (AvgIpc) is 2.48. The van der Waals surface area contributed by atoms with Crippen molar-refractivity contribution in [2.75, 3.05) is 25.2 Å². The van der Waals surface area contributed by atoms with Gasteiger partial charge >= 0.3 is 12.1 Å². The van der Waals surface area contributed by atoms with E-state index in [-0.39, 0.29) is 24.3 Å². The number of carbonyl (C=O) groups excluding carboxylic acids is 2. The maximum Gasteiger partial charge on any atom is 0.418 e. The molecule has 0 aliphatic carbocycles. The molecule has 0 spiro atoms. The number of hydrogen-bond donors (Lipinski definition) is 1. The number of imide groups is 1. The Balaban J connectivity index is 3.18. The Bertz CT molecular complexity index is 574. The Kier molecular flexibility index (Phi) is 7.25. The molecular formula is C14H16INO6. The molecule has 0 saturated carbocycles. The number of methoxy groups -OCH3 is 1. The van der Waals surface area contributed by atoms with Crippen LogP contribution in [0.5, 0.6) is 0 Å². The van der Waals surface area contributed by atoms with Crippen molar-refractivity contribution in [3.8, 4) is 0 Å². The first-order chi connectivity index (χ1) is 10.4. The van der Waals surface area contributed by atoms with Crippen molar-refractivity contribution in [2.45, 2.75) is 13.3 Å². The Hall–Kier alpha value is -1.68. The zero-order valence-corrected chi connectivity index (χ0v) is 14.3. The van der Waals surface area contributed by atoms with Crippen LogP contribution >= 0.6 is 22.6 Å². The molecule has 0 radical (unpaired) electrons. The predicted molar refractivity (Wildman–Crippen MR) is 87.1 cm³/mol. The molecule has 0 aliphatic heterocycles. The normalized spacial score (nSPS) is 10.1. The second-order valence-corrected chi connectivity index (χ2v) is 5.36. The van der Waals surface area contributed by atoms with Crippen LogP contribution in [0.15, 0.2) is 18.2 Å². The fraction of sp³-hybridized carbons (Fsp3) is 0.357. The summed E-state index contributed by atoms with van der Waals surface area (Å²) >= 11 is 1.98. The fourth-order valence-electron chi connectivity index (χ4n) is 1.74. The van der Waals surface area contributed by atoms with Crippen LogP contribution in [0.2, 0.25) is 0 Å². The number of rotatable bonds is 6. The third kappa shape index (κ3) is 4.67. The van der Waals surface area contributed by atoms with Crippen LogP contribution in [-0.4, -0.2) is 43.4 Å². The molecule has 1 rings (SSSR count). The maximum atomic E-state index is 12.1. The molecule has 120 valence electrons. The standard InChI is InChI=1S/C14H16INO6/c1-3-22-7-6-12(17)16(14(19)20)11-5-4-9(15)8-10(11)13(18)21-2/h4-5,8H,3,6-7H2,1-2H3,(H,19,20). The van der Waals surface area contributed by atoms with Gasteiger partial charge < -0.3 is 14.6 Å². The Morgan fingerprint density at radius 2 is 2.00 bits per heavy atom. The summed E-state index contributed by atoms with van der Waals surface area (Å²) in [6.45, 7) is 2.31. The van der Waals surface area contributed by atoms with Gasteiger partial charge in [0.25, 0.3) is 0 Å². The molecule has 2 amide bonds. The molecular weight excluding hydrogens is 405 g/mol. The quantitative estimate of drug-likeness (QED) is 0.431. The zero-order chi connectivity index (χ0) is 16.7. The number of anilines is 1. The largest absolute Gasteiger partial charge is 0.465 e. The lowest BCUT2D eigenvalue weighted by molar-refractivity contribution is -0.119. The molecule has 1 aromatic rings. The number of esters is 1. The van der Waals surface area contributed by atoms with Gasteiger partial charge in [-0.25, -0.2) is 14.5 Å². The Morgan fingerprint density at radius 1 is 1.32 bits per heavy atom. The lowest BCUT2D eigenvalue weighted by atomic mass is 10.1. The third-order valence-corrected chi connectivity index (χ3v) is 3.38. The van der Waals surface area contributed by atoms with E-state index >= 15 is 0 Å². The summed E-state index contributed by atoms with van der Waals surface area (Å²) in [6, 6.07) is 4.47. The van der Waals surface area contributed by atoms with Crippen molar-refractivity contribution in [1.82, 2.24) is 0 Å². The molecule has 8 heteroatoms. The summed E-state index contributed by atoms with van der Waals surface area (Å²) in [5.74, 6) is -1.38. The predicted octanol–water partition coefficient (Wildman–Crippen LogP) is 2.52. The summed E-state index contributed by atoms with van der Waals surface area (Å²) in [4.78, 5) is 35.9. The number of ether oxygens (including phenoxy) is 2. The van der Waals surface area contributed by atoms with Crippen molar-refractivity contribution in [3.63, 3.8) is 0 Å². The zero-order valence-electron chi connectivity index (χ0n) is 12.2. The topological polar surface area (TPSA) is 93.1 Å². The van der Waals surface area contributed by atoms with Crippen molar-refractivity contribution in [1.29, 1.82) is 0 Å². The van der Waals surface area contributed by atoms with E-state index in [4.69, 9.17) is 4.74 Å². The Morgan fingerprint density at radius 3 is 2.55 bits per heavy atom. The van der Waals surface area contributed by atoms with Crippen molar-refractivity contribution in [2.24, 2.45) is 0 Å². The number of halogens is 1. The molecule has 0 atom stereocenters. The molecule has 0 aliphatic rings. The van der Waals surface area contributed by atoms with E-state index in [1.807, 2.05) is 22.6 Å². The number of carbonyl (C=O) groups is 3. The van der Waals surface area contributed by atoms with Gasteiger partial charge in [0.2, 0.25) is 5.91 Å². The average molecular weight is 421 g/mol. The molecule has 0 unspecified atom stereocenters. The highest BCUT2D eigenvalue weighted by atomic mass is 127. The van der Waals surface area contributed by atoms with Gasteiger partial charge in [-0.15, -0.1) is 0 Å². The minimum Gasteiger partial charge on any atom is -0.465 e. The van der Waals surface area contributed by atoms with Crippen molar-refractivity contribution in [3.05, 3.63) is 27.3 Å². The van der Waals surface area contributed by atoms with Crippen LogP contribution in [0.3, 0.4) is 0 Å². The highest BCUT2D eigenvalue weighted by Crippen LogP contribution is 2.25. The summed E-state index contributed by atoms with van der Waals surface area (Å²) in [7, 11) is 1.19. The lowest BCUT2D eigenvalue weighted by Crippen LogP contribution is -2.37. The first-order valence-corrected chi connectivity index (χ1v) is 7.51. The number of hydrogen-bond acceptors (Lipinski definition) is 5. The molecule has 1 N–H and O–H groups in total. The summed E-state index contributed by atoms with van der Waals surface area (Å²) in [5.41, 5.74) is -0.0113. The maximum absolute atomic E-state index is 12.1. The number of amides is 2. The number of nitrogens with zero attached hydrogens (tertiary/aromatic N) is 1. The second kappa shape index (κ2) is 8.69. The van der Waals surface area contributed by atoms with Gasteiger partial charge in [0.15, 0.2) is 0 Å². The van der Waals surface area contributed by atoms with Gasteiger partial charge in [-0.2, -0.15) is 0 Å². The van der Waals surface area contributed by atoms with E-state index in [0.29, 0.717) is 15.1 Å². The van der Waals surface area contributed by atoms with Gasteiger partial charge in [-0.3, -0.25) is 4.79 Å². The van der Waals surface area contributed by atoms with E-state index in [1.165, 1.54) is 19.2 Å². The van der Waals surface area contributed by atoms with Crippen molar-refractivity contribution >= 4 is 46.2 Å². The van der Waals surface area contributed by atoms with Gasteiger partial charge in [-0.05, 0) is 47.7 Å². The second-order valence-electron chi connectivity index (χ2n) is 4.11. The van der Waals surface area contributed by atoms with Crippen LogP contribution in [0.1, 0.15) is 23.7 Å². The Labute approximate surface area is 141 Å². The van der Waals surface area contributed by atoms with Gasteiger partial charge in [0.1, 0.15) is 0 Å². The minimum absolute atomic E-state index is 0.0153. The highest BCUT2D eigenvalue weighted by Gasteiger charge is 2.27. The van der Waals surface area contributed by atoms with E-state index < -0.39 is 18.0 Å². The van der Waals surface area contributed by atoms with Gasteiger partial charge in [0, 0.05) is 10.2 Å². The number of benzene rings is 1. The summed E-state index contributed by atoms with van der Waals surface area (Å²) in [5, 5.41) is 9.31. The molecule has 1 aromatic carbocycles. The first kappa shape index (κ1) is 18.4. The van der Waals surface area contributed by atoms with Crippen LogP contribution < -0.4 is 4.90 Å². The highest BCUT2D eigenvalue weighted by molar-refractivity contribution is 14.1. The van der Waals surface area contributed by atoms with E-state index in [1.54, 1.807) is 13.0 Å². The smallest absolute Gasteiger partial charge is 0.418 e. The SMILES string of the molecule is CCOCCC(=O)N(C(=O)O)c1ccc(I)cc1C(=O)OC. The van der Waals surface area contributed by atoms with Crippen LogP contribution in [0.25, 0.3) is 0 Å². The van der Waals surface area contributed by atoms with E-state index in [2.05, 4.69) is 4.74 Å². The van der Waals surface area contributed by atoms with Crippen LogP contribution in [0.4, 0.5) is 10.5 Å². The van der Waals surface area contributed by atoms with Crippen LogP contribution in [-0.2, 0) is 14.3 Å².